The second-order valence-electron chi connectivity index (χ2n) is 4.57. The first kappa shape index (κ1) is 19.9. The number of ether oxygens (including phenoxy) is 1. The second-order valence-corrected chi connectivity index (χ2v) is 6.25. The van der Waals surface area contributed by atoms with Crippen LogP contribution in [0.15, 0.2) is 35.2 Å². The molecule has 0 aliphatic carbocycles. The molecule has 0 aliphatic heterocycles. The monoisotopic (exact) mass is 368 g/mol. The number of hydrogen-bond acceptors (Lipinski definition) is 5. The molecule has 0 aliphatic rings. The molecule has 0 aromatic heterocycles. The van der Waals surface area contributed by atoms with Crippen molar-refractivity contribution in [2.45, 2.75) is 30.6 Å². The Morgan fingerprint density at radius 2 is 1.71 bits per heavy atom. The van der Waals surface area contributed by atoms with Crippen molar-refractivity contribution >= 4 is 21.9 Å². The minimum atomic E-state index is -5.49. The smallest absolute Gasteiger partial charge is 0.437 e. The molecule has 1 aromatic rings. The zero-order valence-electron chi connectivity index (χ0n) is 12.7. The molecule has 1 aromatic carbocycles. The number of carbonyl (C=O) groups excluding carboxylic acids is 2. The first-order chi connectivity index (χ1) is 11.0. The van der Waals surface area contributed by atoms with Crippen LogP contribution >= 0.6 is 0 Å². The van der Waals surface area contributed by atoms with Crippen LogP contribution in [0.2, 0.25) is 0 Å². The minimum absolute atomic E-state index is 0.455. The summed E-state index contributed by atoms with van der Waals surface area (Å²) in [6, 6.07) is 6.08. The van der Waals surface area contributed by atoms with Gasteiger partial charge in [0, 0.05) is 6.92 Å². The number of sulfonamides is 1. The predicted molar refractivity (Wildman–Crippen MR) is 76.0 cm³/mol. The van der Waals surface area contributed by atoms with Crippen LogP contribution in [0.3, 0.4) is 0 Å². The highest BCUT2D eigenvalue weighted by Gasteiger charge is 2.65. The van der Waals surface area contributed by atoms with Crippen molar-refractivity contribution in [3.63, 3.8) is 0 Å². The Morgan fingerprint density at radius 1 is 1.17 bits per heavy atom. The lowest BCUT2D eigenvalue weighted by Crippen LogP contribution is -2.73. The Bertz CT molecular complexity index is 706. The number of esters is 1. The summed E-state index contributed by atoms with van der Waals surface area (Å²) >= 11 is 0. The van der Waals surface area contributed by atoms with Gasteiger partial charge in [0.2, 0.25) is 15.9 Å². The van der Waals surface area contributed by atoms with Gasteiger partial charge in [-0.25, -0.2) is 13.2 Å². The lowest BCUT2D eigenvalue weighted by molar-refractivity contribution is -0.216. The Morgan fingerprint density at radius 3 is 2.12 bits per heavy atom. The van der Waals surface area contributed by atoms with Gasteiger partial charge < -0.3 is 10.1 Å². The largest absolute Gasteiger partial charge is 0.463 e. The molecule has 7 nitrogen and oxygen atoms in total. The van der Waals surface area contributed by atoms with E-state index in [1.54, 1.807) is 0 Å². The fraction of sp³-hybridized carbons (Fsp3) is 0.385. The van der Waals surface area contributed by atoms with Crippen molar-refractivity contribution in [1.82, 2.24) is 10.0 Å². The van der Waals surface area contributed by atoms with Crippen molar-refractivity contribution in [3.05, 3.63) is 30.3 Å². The van der Waals surface area contributed by atoms with E-state index in [2.05, 4.69) is 4.74 Å². The van der Waals surface area contributed by atoms with Crippen molar-refractivity contribution in [2.24, 2.45) is 0 Å². The molecule has 1 atom stereocenters. The van der Waals surface area contributed by atoms with E-state index < -0.39 is 45.2 Å². The first-order valence-corrected chi connectivity index (χ1v) is 8.06. The molecule has 0 radical (unpaired) electrons. The van der Waals surface area contributed by atoms with E-state index in [9.17, 15) is 31.2 Å². The summed E-state index contributed by atoms with van der Waals surface area (Å²) in [5.74, 6) is -3.27. The lowest BCUT2D eigenvalue weighted by atomic mass is 10.1. The maximum atomic E-state index is 13.5. The average molecular weight is 368 g/mol. The fourth-order valence-corrected chi connectivity index (χ4v) is 3.01. The van der Waals surface area contributed by atoms with E-state index in [-0.39, 0.29) is 0 Å². The third kappa shape index (κ3) is 4.23. The number of nitrogens with one attached hydrogen (secondary N) is 2. The van der Waals surface area contributed by atoms with Crippen LogP contribution in [-0.4, -0.2) is 38.7 Å². The van der Waals surface area contributed by atoms with E-state index in [4.69, 9.17) is 0 Å². The van der Waals surface area contributed by atoms with Gasteiger partial charge in [-0.2, -0.15) is 17.9 Å². The number of halogens is 3. The molecule has 0 saturated carbocycles. The van der Waals surface area contributed by atoms with Gasteiger partial charge in [0.15, 0.2) is 0 Å². The number of hydrogen-bond donors (Lipinski definition) is 2. The number of amides is 1. The number of rotatable bonds is 6. The number of benzene rings is 1. The Kier molecular flexibility index (Phi) is 5.95. The zero-order valence-corrected chi connectivity index (χ0v) is 13.5. The highest BCUT2D eigenvalue weighted by Crippen LogP contribution is 2.31. The maximum Gasteiger partial charge on any atom is 0.437 e. The molecule has 1 amide bonds. The number of carbonyl (C=O) groups is 2. The maximum absolute atomic E-state index is 13.5. The molecule has 134 valence electrons. The van der Waals surface area contributed by atoms with Crippen LogP contribution in [0.4, 0.5) is 13.2 Å². The Labute approximate surface area is 136 Å². The topological polar surface area (TPSA) is 102 Å². The summed E-state index contributed by atoms with van der Waals surface area (Å²) in [5.41, 5.74) is -3.94. The van der Waals surface area contributed by atoms with Gasteiger partial charge in [0.05, 0.1) is 11.5 Å². The summed E-state index contributed by atoms with van der Waals surface area (Å²) in [6.45, 7) is 1.48. The van der Waals surface area contributed by atoms with Gasteiger partial charge in [0.1, 0.15) is 0 Å². The van der Waals surface area contributed by atoms with Gasteiger partial charge in [-0.3, -0.25) is 4.79 Å². The quantitative estimate of drug-likeness (QED) is 0.574. The molecule has 0 saturated heterocycles. The lowest BCUT2D eigenvalue weighted by Gasteiger charge is -2.33. The SMILES string of the molecule is CCOC(=O)[C@@](NC(C)=O)(NS(=O)(=O)c1ccccc1)C(F)(F)F. The third-order valence-electron chi connectivity index (χ3n) is 2.71. The molecule has 2 N–H and O–H groups in total. The van der Waals surface area contributed by atoms with Crippen LogP contribution < -0.4 is 10.0 Å². The van der Waals surface area contributed by atoms with Crippen LogP contribution in [0, 0.1) is 0 Å². The van der Waals surface area contributed by atoms with Gasteiger partial charge in [-0.1, -0.05) is 18.2 Å². The summed E-state index contributed by atoms with van der Waals surface area (Å²) in [4.78, 5) is 22.5. The van der Waals surface area contributed by atoms with E-state index in [1.165, 1.54) is 35.2 Å². The molecule has 0 bridgehead atoms. The van der Waals surface area contributed by atoms with Gasteiger partial charge >= 0.3 is 17.8 Å². The summed E-state index contributed by atoms with van der Waals surface area (Å²) in [7, 11) is -4.80. The van der Waals surface area contributed by atoms with Crippen LogP contribution in [0.1, 0.15) is 13.8 Å². The fourth-order valence-electron chi connectivity index (χ4n) is 1.73. The molecule has 1 rings (SSSR count). The normalized spacial score (nSPS) is 14.5. The minimum Gasteiger partial charge on any atom is -0.463 e. The second kappa shape index (κ2) is 7.18. The van der Waals surface area contributed by atoms with Gasteiger partial charge in [-0.05, 0) is 19.1 Å². The Hall–Kier alpha value is -2.14. The van der Waals surface area contributed by atoms with Crippen molar-refractivity contribution in [2.75, 3.05) is 6.61 Å². The molecule has 0 fully saturated rings. The van der Waals surface area contributed by atoms with Crippen LogP contribution in [-0.2, 0) is 24.3 Å². The predicted octanol–water partition coefficient (Wildman–Crippen LogP) is 0.923. The molecule has 0 spiro atoms. The molecular formula is C13H15F3N2O5S. The highest BCUT2D eigenvalue weighted by molar-refractivity contribution is 7.89. The van der Waals surface area contributed by atoms with Gasteiger partial charge in [-0.15, -0.1) is 0 Å². The first-order valence-electron chi connectivity index (χ1n) is 6.58. The Balaban J connectivity index is 3.46. The van der Waals surface area contributed by atoms with Crippen molar-refractivity contribution < 1.29 is 35.9 Å². The van der Waals surface area contributed by atoms with E-state index in [0.29, 0.717) is 6.92 Å². The van der Waals surface area contributed by atoms with Crippen molar-refractivity contribution in [3.8, 4) is 0 Å². The molecule has 11 heteroatoms. The van der Waals surface area contributed by atoms with Crippen molar-refractivity contribution in [1.29, 1.82) is 0 Å². The average Bonchev–Trinajstić information content (AvgIpc) is 2.45. The van der Waals surface area contributed by atoms with E-state index in [0.717, 1.165) is 12.1 Å². The summed E-state index contributed by atoms with van der Waals surface area (Å²) < 4.78 is 70.5. The molecular weight excluding hydrogens is 353 g/mol. The van der Waals surface area contributed by atoms with Crippen LogP contribution in [0.5, 0.6) is 0 Å². The summed E-state index contributed by atoms with van der Waals surface area (Å²) in [6.07, 6.45) is -5.49. The highest BCUT2D eigenvalue weighted by atomic mass is 32.2. The van der Waals surface area contributed by atoms with Gasteiger partial charge in [0.25, 0.3) is 0 Å². The van der Waals surface area contributed by atoms with E-state index in [1.807, 2.05) is 0 Å². The molecule has 24 heavy (non-hydrogen) atoms. The summed E-state index contributed by atoms with van der Waals surface area (Å²) in [5, 5.41) is 1.32. The molecule has 0 unspecified atom stereocenters. The molecule has 0 heterocycles. The third-order valence-corrected chi connectivity index (χ3v) is 4.18. The number of alkyl halides is 3. The van der Waals surface area contributed by atoms with Crippen LogP contribution in [0.25, 0.3) is 0 Å². The van der Waals surface area contributed by atoms with E-state index >= 15 is 0 Å². The zero-order chi connectivity index (χ0) is 18.6. The standard InChI is InChI=1S/C13H15F3N2O5S/c1-3-23-11(20)12(13(14,15)16,17-9(2)19)18-24(21,22)10-7-5-4-6-8-10/h4-8,18H,3H2,1-2H3,(H,17,19)/t12-/m1/s1.